The Kier molecular flexibility index (Phi) is 2.89. The SMILES string of the molecule is Cc1c(Cl)cccc1N1CC(Cl)CC1=O. The molecule has 0 radical (unpaired) electrons. The summed E-state index contributed by atoms with van der Waals surface area (Å²) >= 11 is 12.0. The zero-order valence-corrected chi connectivity index (χ0v) is 9.85. The van der Waals surface area contributed by atoms with Gasteiger partial charge in [-0.15, -0.1) is 11.6 Å². The zero-order chi connectivity index (χ0) is 11.0. The lowest BCUT2D eigenvalue weighted by molar-refractivity contribution is -0.117. The van der Waals surface area contributed by atoms with Gasteiger partial charge in [0.1, 0.15) is 0 Å². The highest BCUT2D eigenvalue weighted by molar-refractivity contribution is 6.32. The molecular weight excluding hydrogens is 233 g/mol. The summed E-state index contributed by atoms with van der Waals surface area (Å²) in [6, 6.07) is 5.56. The molecule has 1 aromatic carbocycles. The van der Waals surface area contributed by atoms with Crippen LogP contribution in [0.15, 0.2) is 18.2 Å². The first-order chi connectivity index (χ1) is 7.09. The van der Waals surface area contributed by atoms with E-state index in [1.54, 1.807) is 4.90 Å². The smallest absolute Gasteiger partial charge is 0.228 e. The lowest BCUT2D eigenvalue weighted by Crippen LogP contribution is -2.25. The maximum absolute atomic E-state index is 11.6. The topological polar surface area (TPSA) is 20.3 Å². The molecular formula is C11H11Cl2NO. The number of carbonyl (C=O) groups excluding carboxylic acids is 1. The van der Waals surface area contributed by atoms with Crippen molar-refractivity contribution >= 4 is 34.8 Å². The minimum Gasteiger partial charge on any atom is -0.311 e. The number of benzene rings is 1. The number of anilines is 1. The maximum atomic E-state index is 11.6. The highest BCUT2D eigenvalue weighted by atomic mass is 35.5. The third-order valence-corrected chi connectivity index (χ3v) is 3.31. The summed E-state index contributed by atoms with van der Waals surface area (Å²) in [6.45, 7) is 2.48. The molecule has 15 heavy (non-hydrogen) atoms. The molecule has 1 saturated heterocycles. The third kappa shape index (κ3) is 1.97. The lowest BCUT2D eigenvalue weighted by atomic mass is 10.2. The molecule has 2 rings (SSSR count). The Morgan fingerprint density at radius 2 is 2.20 bits per heavy atom. The van der Waals surface area contributed by atoms with Crippen LogP contribution in [-0.4, -0.2) is 17.8 Å². The molecule has 1 aliphatic heterocycles. The van der Waals surface area contributed by atoms with E-state index in [2.05, 4.69) is 0 Å². The summed E-state index contributed by atoms with van der Waals surface area (Å²) in [6.07, 6.45) is 0.410. The number of rotatable bonds is 1. The first-order valence-corrected chi connectivity index (χ1v) is 5.60. The van der Waals surface area contributed by atoms with Crippen LogP contribution in [0.4, 0.5) is 5.69 Å². The molecule has 1 fully saturated rings. The van der Waals surface area contributed by atoms with Gasteiger partial charge in [0.05, 0.1) is 5.38 Å². The summed E-state index contributed by atoms with van der Waals surface area (Å²) in [4.78, 5) is 13.4. The Morgan fingerprint density at radius 3 is 2.80 bits per heavy atom. The average molecular weight is 244 g/mol. The standard InChI is InChI=1S/C11H11Cl2NO/c1-7-9(13)3-2-4-10(7)14-6-8(12)5-11(14)15/h2-4,8H,5-6H2,1H3. The number of hydrogen-bond acceptors (Lipinski definition) is 1. The van der Waals surface area contributed by atoms with E-state index in [1.165, 1.54) is 0 Å². The van der Waals surface area contributed by atoms with Gasteiger partial charge in [0.2, 0.25) is 5.91 Å². The molecule has 0 spiro atoms. The molecule has 1 amide bonds. The van der Waals surface area contributed by atoms with Gasteiger partial charge in [0.25, 0.3) is 0 Å². The van der Waals surface area contributed by atoms with E-state index >= 15 is 0 Å². The second-order valence-corrected chi connectivity index (χ2v) is 4.71. The van der Waals surface area contributed by atoms with E-state index in [0.29, 0.717) is 18.0 Å². The summed E-state index contributed by atoms with van der Waals surface area (Å²) < 4.78 is 0. The van der Waals surface area contributed by atoms with Crippen molar-refractivity contribution in [3.63, 3.8) is 0 Å². The number of nitrogens with zero attached hydrogens (tertiary/aromatic N) is 1. The van der Waals surface area contributed by atoms with Crippen LogP contribution >= 0.6 is 23.2 Å². The quantitative estimate of drug-likeness (QED) is 0.695. The van der Waals surface area contributed by atoms with Gasteiger partial charge in [-0.1, -0.05) is 17.7 Å². The molecule has 2 nitrogen and oxygen atoms in total. The van der Waals surface area contributed by atoms with E-state index in [9.17, 15) is 4.79 Å². The van der Waals surface area contributed by atoms with Crippen LogP contribution in [0, 0.1) is 6.92 Å². The van der Waals surface area contributed by atoms with Crippen LogP contribution in [0.5, 0.6) is 0 Å². The Bertz CT molecular complexity index is 406. The molecule has 0 saturated carbocycles. The van der Waals surface area contributed by atoms with Crippen molar-refractivity contribution in [2.75, 3.05) is 11.4 Å². The van der Waals surface area contributed by atoms with Crippen molar-refractivity contribution in [1.29, 1.82) is 0 Å². The van der Waals surface area contributed by atoms with Crippen molar-refractivity contribution in [1.82, 2.24) is 0 Å². The van der Waals surface area contributed by atoms with Crippen molar-refractivity contribution < 1.29 is 4.79 Å². The summed E-state index contributed by atoms with van der Waals surface area (Å²) in [5.41, 5.74) is 1.80. The van der Waals surface area contributed by atoms with Gasteiger partial charge in [-0.25, -0.2) is 0 Å². The highest BCUT2D eigenvalue weighted by Gasteiger charge is 2.30. The van der Waals surface area contributed by atoms with Crippen LogP contribution in [0.1, 0.15) is 12.0 Å². The zero-order valence-electron chi connectivity index (χ0n) is 8.34. The predicted molar refractivity (Wildman–Crippen MR) is 62.8 cm³/mol. The van der Waals surface area contributed by atoms with Gasteiger partial charge >= 0.3 is 0 Å². The summed E-state index contributed by atoms with van der Waals surface area (Å²) in [5.74, 6) is 0.0698. The number of carbonyl (C=O) groups is 1. The largest absolute Gasteiger partial charge is 0.311 e. The molecule has 0 aromatic heterocycles. The van der Waals surface area contributed by atoms with Crippen molar-refractivity contribution in [2.24, 2.45) is 0 Å². The van der Waals surface area contributed by atoms with Crippen molar-refractivity contribution in [2.45, 2.75) is 18.7 Å². The number of hydrogen-bond donors (Lipinski definition) is 0. The maximum Gasteiger partial charge on any atom is 0.228 e. The monoisotopic (exact) mass is 243 g/mol. The molecule has 80 valence electrons. The molecule has 1 atom stereocenters. The predicted octanol–water partition coefficient (Wildman–Crippen LogP) is 2.99. The summed E-state index contributed by atoms with van der Waals surface area (Å²) in [7, 11) is 0. The Balaban J connectivity index is 2.38. The average Bonchev–Trinajstić information content (AvgIpc) is 2.50. The lowest BCUT2D eigenvalue weighted by Gasteiger charge is -2.18. The first-order valence-electron chi connectivity index (χ1n) is 4.79. The Hall–Kier alpha value is -0.730. The minimum atomic E-state index is -0.0871. The van der Waals surface area contributed by atoms with Crippen molar-refractivity contribution in [3.05, 3.63) is 28.8 Å². The van der Waals surface area contributed by atoms with Gasteiger partial charge in [0, 0.05) is 23.7 Å². The van der Waals surface area contributed by atoms with E-state index < -0.39 is 0 Å². The number of alkyl halides is 1. The minimum absolute atomic E-state index is 0.0698. The fraction of sp³-hybridized carbons (Fsp3) is 0.364. The van der Waals surface area contributed by atoms with Gasteiger partial charge < -0.3 is 4.90 Å². The molecule has 1 heterocycles. The molecule has 0 bridgehead atoms. The third-order valence-electron chi connectivity index (χ3n) is 2.61. The normalized spacial score (nSPS) is 21.1. The Morgan fingerprint density at radius 1 is 1.47 bits per heavy atom. The van der Waals surface area contributed by atoms with Crippen LogP contribution in [0.3, 0.4) is 0 Å². The van der Waals surface area contributed by atoms with Crippen LogP contribution < -0.4 is 4.90 Å². The molecule has 0 aliphatic carbocycles. The van der Waals surface area contributed by atoms with E-state index in [4.69, 9.17) is 23.2 Å². The van der Waals surface area contributed by atoms with Crippen LogP contribution in [0.2, 0.25) is 5.02 Å². The molecule has 1 aliphatic rings. The van der Waals surface area contributed by atoms with Gasteiger partial charge in [0.15, 0.2) is 0 Å². The van der Waals surface area contributed by atoms with Gasteiger partial charge in [-0.05, 0) is 24.6 Å². The molecule has 0 N–H and O–H groups in total. The van der Waals surface area contributed by atoms with Crippen LogP contribution in [0.25, 0.3) is 0 Å². The van der Waals surface area contributed by atoms with E-state index in [0.717, 1.165) is 11.3 Å². The molecule has 1 aromatic rings. The number of amides is 1. The summed E-state index contributed by atoms with van der Waals surface area (Å²) in [5, 5.41) is 0.592. The first kappa shape index (κ1) is 10.8. The second-order valence-electron chi connectivity index (χ2n) is 3.69. The van der Waals surface area contributed by atoms with Crippen LogP contribution in [-0.2, 0) is 4.79 Å². The Labute approximate surface area is 98.8 Å². The van der Waals surface area contributed by atoms with Gasteiger partial charge in [-0.3, -0.25) is 4.79 Å². The number of halogens is 2. The molecule has 1 unspecified atom stereocenters. The van der Waals surface area contributed by atoms with Crippen molar-refractivity contribution in [3.8, 4) is 0 Å². The van der Waals surface area contributed by atoms with E-state index in [-0.39, 0.29) is 11.3 Å². The highest BCUT2D eigenvalue weighted by Crippen LogP contribution is 2.30. The van der Waals surface area contributed by atoms with E-state index in [1.807, 2.05) is 25.1 Å². The second kappa shape index (κ2) is 4.03. The fourth-order valence-electron chi connectivity index (χ4n) is 1.79. The van der Waals surface area contributed by atoms with Gasteiger partial charge in [-0.2, -0.15) is 0 Å². The fourth-order valence-corrected chi connectivity index (χ4v) is 2.22. The molecule has 4 heteroatoms.